The lowest BCUT2D eigenvalue weighted by atomic mass is 9.91. The SMILES string of the molecule is NC1(c2noc(C3C4CCCC43)n2)CCCCCC1. The fourth-order valence-electron chi connectivity index (χ4n) is 4.34. The topological polar surface area (TPSA) is 64.9 Å². The highest BCUT2D eigenvalue weighted by atomic mass is 16.5. The van der Waals surface area contributed by atoms with E-state index in [4.69, 9.17) is 10.3 Å². The quantitative estimate of drug-likeness (QED) is 0.831. The second-order valence-corrected chi connectivity index (χ2v) is 6.81. The Morgan fingerprint density at radius 2 is 1.68 bits per heavy atom. The van der Waals surface area contributed by atoms with Gasteiger partial charge in [0, 0.05) is 5.92 Å². The van der Waals surface area contributed by atoms with E-state index in [1.807, 2.05) is 0 Å². The number of nitrogens with two attached hydrogens (primary N) is 1. The van der Waals surface area contributed by atoms with Gasteiger partial charge in [-0.05, 0) is 37.5 Å². The highest BCUT2D eigenvalue weighted by Crippen LogP contribution is 2.62. The highest BCUT2D eigenvalue weighted by Gasteiger charge is 2.56. The number of hydrogen-bond acceptors (Lipinski definition) is 4. The van der Waals surface area contributed by atoms with Gasteiger partial charge in [-0.2, -0.15) is 4.98 Å². The average molecular weight is 261 g/mol. The Balaban J connectivity index is 1.54. The molecule has 3 fully saturated rings. The smallest absolute Gasteiger partial charge is 0.230 e. The van der Waals surface area contributed by atoms with Gasteiger partial charge in [0.25, 0.3) is 0 Å². The Bertz CT molecular complexity index is 452. The fourth-order valence-corrected chi connectivity index (χ4v) is 4.34. The molecule has 2 atom stereocenters. The molecule has 0 aromatic carbocycles. The number of aromatic nitrogens is 2. The molecule has 2 N–H and O–H groups in total. The van der Waals surface area contributed by atoms with Crippen LogP contribution in [0.2, 0.25) is 0 Å². The van der Waals surface area contributed by atoms with Crippen molar-refractivity contribution in [2.45, 2.75) is 69.2 Å². The first kappa shape index (κ1) is 11.9. The maximum atomic E-state index is 6.55. The van der Waals surface area contributed by atoms with Crippen molar-refractivity contribution in [1.82, 2.24) is 10.1 Å². The zero-order chi connectivity index (χ0) is 12.9. The molecule has 4 rings (SSSR count). The predicted octanol–water partition coefficient (Wildman–Crippen LogP) is 3.09. The molecule has 1 heterocycles. The molecule has 0 amide bonds. The van der Waals surface area contributed by atoms with E-state index in [-0.39, 0.29) is 5.54 Å². The Hall–Kier alpha value is -0.900. The monoisotopic (exact) mass is 261 g/mol. The van der Waals surface area contributed by atoms with Gasteiger partial charge in [0.2, 0.25) is 5.89 Å². The normalized spacial score (nSPS) is 36.8. The van der Waals surface area contributed by atoms with Crippen molar-refractivity contribution >= 4 is 0 Å². The van der Waals surface area contributed by atoms with E-state index >= 15 is 0 Å². The summed E-state index contributed by atoms with van der Waals surface area (Å²) < 4.78 is 5.54. The average Bonchev–Trinajstić information content (AvgIpc) is 2.81. The first-order valence-electron chi connectivity index (χ1n) is 7.91. The summed E-state index contributed by atoms with van der Waals surface area (Å²) in [5, 5.41) is 4.23. The van der Waals surface area contributed by atoms with Gasteiger partial charge in [0.05, 0.1) is 5.54 Å². The molecular formula is C15H23N3O. The lowest BCUT2D eigenvalue weighted by molar-refractivity contribution is 0.321. The van der Waals surface area contributed by atoms with E-state index in [9.17, 15) is 0 Å². The predicted molar refractivity (Wildman–Crippen MR) is 71.4 cm³/mol. The first-order valence-corrected chi connectivity index (χ1v) is 7.91. The van der Waals surface area contributed by atoms with Crippen LogP contribution in [-0.4, -0.2) is 10.1 Å². The van der Waals surface area contributed by atoms with Crippen molar-refractivity contribution in [3.63, 3.8) is 0 Å². The van der Waals surface area contributed by atoms with Crippen LogP contribution in [0.1, 0.15) is 75.4 Å². The van der Waals surface area contributed by atoms with Crippen LogP contribution >= 0.6 is 0 Å². The number of nitrogens with zero attached hydrogens (tertiary/aromatic N) is 2. The van der Waals surface area contributed by atoms with Gasteiger partial charge in [-0.15, -0.1) is 0 Å². The standard InChI is InChI=1S/C15H23N3O/c16-15(8-3-1-2-4-9-15)14-17-13(19-18-14)12-10-6-5-7-11(10)12/h10-12H,1-9,16H2. The van der Waals surface area contributed by atoms with Crippen LogP contribution in [0, 0.1) is 11.8 Å². The third kappa shape index (κ3) is 1.92. The van der Waals surface area contributed by atoms with Gasteiger partial charge in [-0.3, -0.25) is 0 Å². The van der Waals surface area contributed by atoms with Crippen molar-refractivity contribution in [1.29, 1.82) is 0 Å². The number of hydrogen-bond donors (Lipinski definition) is 1. The van der Waals surface area contributed by atoms with Gasteiger partial charge < -0.3 is 10.3 Å². The van der Waals surface area contributed by atoms with Crippen LogP contribution < -0.4 is 5.73 Å². The summed E-state index contributed by atoms with van der Waals surface area (Å²) in [5.41, 5.74) is 6.21. The molecule has 3 aliphatic carbocycles. The molecule has 0 saturated heterocycles. The minimum Gasteiger partial charge on any atom is -0.339 e. The molecule has 3 aliphatic rings. The van der Waals surface area contributed by atoms with Crippen LogP contribution in [0.5, 0.6) is 0 Å². The summed E-state index contributed by atoms with van der Waals surface area (Å²) in [6.45, 7) is 0. The van der Waals surface area contributed by atoms with Gasteiger partial charge in [0.1, 0.15) is 0 Å². The maximum absolute atomic E-state index is 6.55. The summed E-state index contributed by atoms with van der Waals surface area (Å²) >= 11 is 0. The van der Waals surface area contributed by atoms with E-state index in [2.05, 4.69) is 10.1 Å². The highest BCUT2D eigenvalue weighted by molar-refractivity contribution is 5.17. The molecule has 0 spiro atoms. The Morgan fingerprint density at radius 3 is 2.37 bits per heavy atom. The first-order chi connectivity index (χ1) is 9.28. The molecule has 0 bridgehead atoms. The summed E-state index contributed by atoms with van der Waals surface area (Å²) in [4.78, 5) is 4.69. The van der Waals surface area contributed by atoms with Crippen LogP contribution in [0.15, 0.2) is 4.52 Å². The maximum Gasteiger partial charge on any atom is 0.230 e. The van der Waals surface area contributed by atoms with Crippen LogP contribution in [-0.2, 0) is 5.54 Å². The van der Waals surface area contributed by atoms with Crippen LogP contribution in [0.3, 0.4) is 0 Å². The Labute approximate surface area is 114 Å². The zero-order valence-electron chi connectivity index (χ0n) is 11.5. The minimum atomic E-state index is -0.331. The Kier molecular flexibility index (Phi) is 2.69. The van der Waals surface area contributed by atoms with Crippen molar-refractivity contribution in [3.8, 4) is 0 Å². The molecule has 19 heavy (non-hydrogen) atoms. The van der Waals surface area contributed by atoms with Crippen LogP contribution in [0.4, 0.5) is 0 Å². The molecule has 4 nitrogen and oxygen atoms in total. The van der Waals surface area contributed by atoms with Crippen LogP contribution in [0.25, 0.3) is 0 Å². The van der Waals surface area contributed by atoms with E-state index in [0.717, 1.165) is 36.4 Å². The van der Waals surface area contributed by atoms with Gasteiger partial charge in [0.15, 0.2) is 5.82 Å². The third-order valence-electron chi connectivity index (χ3n) is 5.57. The molecule has 4 heteroatoms. The molecule has 2 unspecified atom stereocenters. The second-order valence-electron chi connectivity index (χ2n) is 6.81. The van der Waals surface area contributed by atoms with Crippen molar-refractivity contribution in [3.05, 3.63) is 11.7 Å². The molecule has 0 aliphatic heterocycles. The summed E-state index contributed by atoms with van der Waals surface area (Å²) in [5.74, 6) is 3.87. The van der Waals surface area contributed by atoms with Gasteiger partial charge in [-0.1, -0.05) is 37.3 Å². The molecular weight excluding hydrogens is 238 g/mol. The van der Waals surface area contributed by atoms with Crippen molar-refractivity contribution in [2.75, 3.05) is 0 Å². The lowest BCUT2D eigenvalue weighted by Gasteiger charge is -2.23. The van der Waals surface area contributed by atoms with E-state index < -0.39 is 0 Å². The van der Waals surface area contributed by atoms with Gasteiger partial charge >= 0.3 is 0 Å². The summed E-state index contributed by atoms with van der Waals surface area (Å²) in [7, 11) is 0. The molecule has 0 radical (unpaired) electrons. The molecule has 1 aromatic rings. The van der Waals surface area contributed by atoms with E-state index in [1.54, 1.807) is 0 Å². The second kappa shape index (κ2) is 4.30. The van der Waals surface area contributed by atoms with Crippen molar-refractivity contribution < 1.29 is 4.52 Å². The molecule has 1 aromatic heterocycles. The van der Waals surface area contributed by atoms with E-state index in [0.29, 0.717) is 5.92 Å². The largest absolute Gasteiger partial charge is 0.339 e. The van der Waals surface area contributed by atoms with Gasteiger partial charge in [-0.25, -0.2) is 0 Å². The minimum absolute atomic E-state index is 0.331. The summed E-state index contributed by atoms with van der Waals surface area (Å²) in [6, 6.07) is 0. The Morgan fingerprint density at radius 1 is 1.00 bits per heavy atom. The zero-order valence-corrected chi connectivity index (χ0v) is 11.5. The molecule has 104 valence electrons. The van der Waals surface area contributed by atoms with Crippen molar-refractivity contribution in [2.24, 2.45) is 17.6 Å². The van der Waals surface area contributed by atoms with E-state index in [1.165, 1.54) is 44.9 Å². The molecule has 3 saturated carbocycles. The summed E-state index contributed by atoms with van der Waals surface area (Å²) in [6.07, 6.45) is 11.0. The third-order valence-corrected chi connectivity index (χ3v) is 5.57. The lowest BCUT2D eigenvalue weighted by Crippen LogP contribution is -2.37. The fraction of sp³-hybridized carbons (Fsp3) is 0.867. The number of fused-ring (bicyclic) bond motifs is 1. The number of rotatable bonds is 2.